The number of nitrogens with zero attached hydrogens (tertiary/aromatic N) is 2. The molecule has 0 spiro atoms. The first kappa shape index (κ1) is 11.5. The average Bonchev–Trinajstić information content (AvgIpc) is 2.39. The Bertz CT molecular complexity index is 485. The lowest BCUT2D eigenvalue weighted by atomic mass is 10.2. The van der Waals surface area contributed by atoms with E-state index in [9.17, 15) is 0 Å². The van der Waals surface area contributed by atoms with Crippen molar-refractivity contribution >= 4 is 5.69 Å². The van der Waals surface area contributed by atoms with Crippen LogP contribution < -0.4 is 5.73 Å². The van der Waals surface area contributed by atoms with E-state index >= 15 is 0 Å². The Labute approximate surface area is 100 Å². The van der Waals surface area contributed by atoms with Gasteiger partial charge in [0.15, 0.2) is 5.82 Å². The van der Waals surface area contributed by atoms with Crippen LogP contribution in [0.2, 0.25) is 0 Å². The van der Waals surface area contributed by atoms with E-state index in [4.69, 9.17) is 10.5 Å². The van der Waals surface area contributed by atoms with Crippen molar-refractivity contribution in [1.29, 1.82) is 0 Å². The van der Waals surface area contributed by atoms with Gasteiger partial charge in [0.05, 0.1) is 24.2 Å². The van der Waals surface area contributed by atoms with Crippen LogP contribution in [-0.2, 0) is 11.3 Å². The van der Waals surface area contributed by atoms with Crippen LogP contribution in [0.5, 0.6) is 0 Å². The quantitative estimate of drug-likeness (QED) is 0.873. The molecule has 0 amide bonds. The molecule has 0 atom stereocenters. The van der Waals surface area contributed by atoms with Crippen LogP contribution in [0.15, 0.2) is 36.5 Å². The third-order valence-corrected chi connectivity index (χ3v) is 2.37. The van der Waals surface area contributed by atoms with Crippen molar-refractivity contribution < 1.29 is 4.74 Å². The van der Waals surface area contributed by atoms with Gasteiger partial charge in [-0.25, -0.2) is 9.97 Å². The van der Waals surface area contributed by atoms with Crippen LogP contribution in [-0.4, -0.2) is 16.6 Å². The van der Waals surface area contributed by atoms with Gasteiger partial charge < -0.3 is 10.5 Å². The van der Waals surface area contributed by atoms with E-state index in [2.05, 4.69) is 9.97 Å². The van der Waals surface area contributed by atoms with Crippen molar-refractivity contribution in [3.05, 3.63) is 42.2 Å². The second-order valence-corrected chi connectivity index (χ2v) is 3.60. The molecular weight excluding hydrogens is 214 g/mol. The minimum Gasteiger partial charge on any atom is -0.396 e. The van der Waals surface area contributed by atoms with E-state index in [1.807, 2.05) is 37.3 Å². The molecule has 0 aliphatic heterocycles. The Hall–Kier alpha value is -1.94. The molecule has 0 aliphatic rings. The summed E-state index contributed by atoms with van der Waals surface area (Å²) >= 11 is 0. The molecule has 0 unspecified atom stereocenters. The molecule has 0 radical (unpaired) electrons. The fourth-order valence-corrected chi connectivity index (χ4v) is 1.47. The molecule has 0 fully saturated rings. The molecule has 0 saturated carbocycles. The average molecular weight is 229 g/mol. The van der Waals surface area contributed by atoms with Gasteiger partial charge in [0.1, 0.15) is 0 Å². The second-order valence-electron chi connectivity index (χ2n) is 3.60. The summed E-state index contributed by atoms with van der Waals surface area (Å²) in [4.78, 5) is 8.64. The third kappa shape index (κ3) is 2.79. The first-order chi connectivity index (χ1) is 8.31. The Kier molecular flexibility index (Phi) is 3.67. The summed E-state index contributed by atoms with van der Waals surface area (Å²) in [5, 5.41) is 0. The molecule has 1 aromatic carbocycles. The van der Waals surface area contributed by atoms with Gasteiger partial charge in [-0.1, -0.05) is 30.3 Å². The van der Waals surface area contributed by atoms with Crippen LogP contribution in [0.3, 0.4) is 0 Å². The number of benzene rings is 1. The SMILES string of the molecule is CCOCc1nc(-c2ccccc2)ncc1N. The van der Waals surface area contributed by atoms with Gasteiger partial charge in [-0.15, -0.1) is 0 Å². The van der Waals surface area contributed by atoms with Crippen molar-refractivity contribution in [2.24, 2.45) is 0 Å². The van der Waals surface area contributed by atoms with Gasteiger partial charge >= 0.3 is 0 Å². The fourth-order valence-electron chi connectivity index (χ4n) is 1.47. The summed E-state index contributed by atoms with van der Waals surface area (Å²) < 4.78 is 5.32. The van der Waals surface area contributed by atoms with Gasteiger partial charge in [0.25, 0.3) is 0 Å². The van der Waals surface area contributed by atoms with E-state index in [-0.39, 0.29) is 0 Å². The lowest BCUT2D eigenvalue weighted by Crippen LogP contribution is -2.03. The first-order valence-corrected chi connectivity index (χ1v) is 5.56. The van der Waals surface area contributed by atoms with Crippen molar-refractivity contribution in [1.82, 2.24) is 9.97 Å². The molecule has 2 N–H and O–H groups in total. The molecule has 0 saturated heterocycles. The minimum atomic E-state index is 0.421. The van der Waals surface area contributed by atoms with Gasteiger partial charge in [-0.3, -0.25) is 0 Å². The van der Waals surface area contributed by atoms with Gasteiger partial charge in [-0.2, -0.15) is 0 Å². The number of nitrogen functional groups attached to an aromatic ring is 1. The van der Waals surface area contributed by atoms with Crippen LogP contribution in [0.1, 0.15) is 12.6 Å². The van der Waals surface area contributed by atoms with Crippen LogP contribution in [0.4, 0.5) is 5.69 Å². The Morgan fingerprint density at radius 1 is 1.24 bits per heavy atom. The molecule has 4 nitrogen and oxygen atoms in total. The number of hydrogen-bond donors (Lipinski definition) is 1. The number of anilines is 1. The highest BCUT2D eigenvalue weighted by molar-refractivity contribution is 5.56. The summed E-state index contributed by atoms with van der Waals surface area (Å²) in [6.45, 7) is 3.00. The maximum absolute atomic E-state index is 5.80. The lowest BCUT2D eigenvalue weighted by Gasteiger charge is -2.07. The van der Waals surface area contributed by atoms with Gasteiger partial charge in [0.2, 0.25) is 0 Å². The van der Waals surface area contributed by atoms with E-state index in [0.29, 0.717) is 24.7 Å². The van der Waals surface area contributed by atoms with Crippen LogP contribution in [0.25, 0.3) is 11.4 Å². The Balaban J connectivity index is 2.31. The van der Waals surface area contributed by atoms with Gasteiger partial charge in [0, 0.05) is 12.2 Å². The maximum atomic E-state index is 5.80. The number of ether oxygens (including phenoxy) is 1. The van der Waals surface area contributed by atoms with Crippen LogP contribution >= 0.6 is 0 Å². The van der Waals surface area contributed by atoms with Crippen molar-refractivity contribution in [2.75, 3.05) is 12.3 Å². The zero-order valence-electron chi connectivity index (χ0n) is 9.76. The molecule has 88 valence electrons. The van der Waals surface area contributed by atoms with E-state index in [1.165, 1.54) is 0 Å². The first-order valence-electron chi connectivity index (χ1n) is 5.56. The minimum absolute atomic E-state index is 0.421. The molecule has 2 rings (SSSR count). The summed E-state index contributed by atoms with van der Waals surface area (Å²) in [6, 6.07) is 9.81. The number of hydrogen-bond acceptors (Lipinski definition) is 4. The number of rotatable bonds is 4. The predicted octanol–water partition coefficient (Wildman–Crippen LogP) is 2.26. The largest absolute Gasteiger partial charge is 0.396 e. The highest BCUT2D eigenvalue weighted by atomic mass is 16.5. The van der Waals surface area contributed by atoms with Crippen molar-refractivity contribution in [3.63, 3.8) is 0 Å². The second kappa shape index (κ2) is 5.41. The standard InChI is InChI=1S/C13H15N3O/c1-2-17-9-12-11(14)8-15-13(16-12)10-6-4-3-5-7-10/h3-8H,2,9,14H2,1H3. The summed E-state index contributed by atoms with van der Waals surface area (Å²) in [5.74, 6) is 0.675. The normalized spacial score (nSPS) is 10.4. The van der Waals surface area contributed by atoms with Crippen LogP contribution in [0, 0.1) is 0 Å². The fraction of sp³-hybridized carbons (Fsp3) is 0.231. The molecule has 0 aliphatic carbocycles. The van der Waals surface area contributed by atoms with Gasteiger partial charge in [-0.05, 0) is 6.92 Å². The summed E-state index contributed by atoms with van der Waals surface area (Å²) in [5.41, 5.74) is 8.08. The van der Waals surface area contributed by atoms with Crippen molar-refractivity contribution in [2.45, 2.75) is 13.5 Å². The topological polar surface area (TPSA) is 61.0 Å². The van der Waals surface area contributed by atoms with E-state index in [0.717, 1.165) is 11.3 Å². The lowest BCUT2D eigenvalue weighted by molar-refractivity contribution is 0.132. The molecule has 1 aromatic heterocycles. The smallest absolute Gasteiger partial charge is 0.159 e. The molecular formula is C13H15N3O. The molecule has 2 aromatic rings. The highest BCUT2D eigenvalue weighted by Gasteiger charge is 2.06. The zero-order chi connectivity index (χ0) is 12.1. The molecule has 0 bridgehead atoms. The predicted molar refractivity (Wildman–Crippen MR) is 67.2 cm³/mol. The monoisotopic (exact) mass is 229 g/mol. The van der Waals surface area contributed by atoms with E-state index in [1.54, 1.807) is 6.20 Å². The summed E-state index contributed by atoms with van der Waals surface area (Å²) in [6.07, 6.45) is 1.63. The number of nitrogens with two attached hydrogens (primary N) is 1. The maximum Gasteiger partial charge on any atom is 0.159 e. The summed E-state index contributed by atoms with van der Waals surface area (Å²) in [7, 11) is 0. The van der Waals surface area contributed by atoms with E-state index < -0.39 is 0 Å². The van der Waals surface area contributed by atoms with Crippen molar-refractivity contribution in [3.8, 4) is 11.4 Å². The third-order valence-electron chi connectivity index (χ3n) is 2.37. The molecule has 17 heavy (non-hydrogen) atoms. The zero-order valence-corrected chi connectivity index (χ0v) is 9.76. The highest BCUT2D eigenvalue weighted by Crippen LogP contribution is 2.17. The Morgan fingerprint density at radius 3 is 2.71 bits per heavy atom. The molecule has 1 heterocycles. The Morgan fingerprint density at radius 2 is 2.00 bits per heavy atom. The molecule has 4 heteroatoms. The number of aromatic nitrogens is 2.